The van der Waals surface area contributed by atoms with Crippen molar-refractivity contribution in [3.8, 4) is 11.5 Å². The molecule has 2 aliphatic heterocycles. The molecule has 2 saturated heterocycles. The van der Waals surface area contributed by atoms with Gasteiger partial charge < -0.3 is 10.2 Å². The summed E-state index contributed by atoms with van der Waals surface area (Å²) in [5, 5.41) is 5.15. The summed E-state index contributed by atoms with van der Waals surface area (Å²) in [5.74, 6) is 1.06. The summed E-state index contributed by atoms with van der Waals surface area (Å²) < 4.78 is 0. The number of piperidine rings is 1. The number of carbonyl (C=O) groups excluding carboxylic acids is 2. The van der Waals surface area contributed by atoms with E-state index in [1.54, 1.807) is 6.20 Å². The molecular weight excluding hydrogens is 332 g/mol. The van der Waals surface area contributed by atoms with E-state index >= 15 is 0 Å². The minimum absolute atomic E-state index is 0.262. The molecule has 4 rings (SSSR count). The van der Waals surface area contributed by atoms with Crippen molar-refractivity contribution in [2.75, 3.05) is 18.0 Å². The van der Waals surface area contributed by atoms with E-state index in [1.807, 2.05) is 36.1 Å². The molecule has 1 spiro atoms. The van der Waals surface area contributed by atoms with Gasteiger partial charge in [-0.2, -0.15) is 0 Å². The summed E-state index contributed by atoms with van der Waals surface area (Å²) in [6.45, 7) is 3.20. The quantitative estimate of drug-likeness (QED) is 0.807. The molecule has 2 fully saturated rings. The Morgan fingerprint density at radius 1 is 1.27 bits per heavy atom. The zero-order chi connectivity index (χ0) is 18.1. The number of aryl methyl sites for hydroxylation is 1. The van der Waals surface area contributed by atoms with Crippen LogP contribution >= 0.6 is 0 Å². The van der Waals surface area contributed by atoms with Gasteiger partial charge in [-0.25, -0.2) is 14.8 Å². The number of anilines is 1. The Hall–Kier alpha value is -3.03. The second-order valence-electron chi connectivity index (χ2n) is 6.63. The van der Waals surface area contributed by atoms with Crippen LogP contribution in [0.4, 0.5) is 10.6 Å². The van der Waals surface area contributed by atoms with Crippen molar-refractivity contribution in [1.29, 1.82) is 0 Å². The van der Waals surface area contributed by atoms with Crippen molar-refractivity contribution < 1.29 is 9.59 Å². The molecule has 3 amide bonds. The molecule has 0 aromatic carbocycles. The Kier molecular flexibility index (Phi) is 4.02. The monoisotopic (exact) mass is 352 g/mol. The predicted octanol–water partition coefficient (Wildman–Crippen LogP) is 1.28. The maximum Gasteiger partial charge on any atom is 0.322 e. The van der Waals surface area contributed by atoms with Gasteiger partial charge in [-0.1, -0.05) is 13.0 Å². The first kappa shape index (κ1) is 16.4. The number of nitrogens with one attached hydrogen (secondary N) is 2. The molecule has 134 valence electrons. The lowest BCUT2D eigenvalue weighted by Gasteiger charge is -2.38. The van der Waals surface area contributed by atoms with Crippen LogP contribution in [0, 0.1) is 0 Å². The molecule has 8 nitrogen and oxygen atoms in total. The first-order valence-corrected chi connectivity index (χ1v) is 8.77. The molecule has 26 heavy (non-hydrogen) atoms. The van der Waals surface area contributed by atoms with Crippen LogP contribution < -0.4 is 15.5 Å². The molecule has 2 aliphatic rings. The number of aromatic nitrogens is 3. The van der Waals surface area contributed by atoms with Crippen LogP contribution in [0.15, 0.2) is 30.5 Å². The minimum atomic E-state index is -0.877. The minimum Gasteiger partial charge on any atom is -0.354 e. The first-order chi connectivity index (χ1) is 12.6. The van der Waals surface area contributed by atoms with E-state index in [0.717, 1.165) is 30.9 Å². The molecule has 0 aliphatic carbocycles. The van der Waals surface area contributed by atoms with Crippen molar-refractivity contribution in [2.45, 2.75) is 31.7 Å². The number of hydrogen-bond acceptors (Lipinski definition) is 6. The Morgan fingerprint density at radius 3 is 2.85 bits per heavy atom. The lowest BCUT2D eigenvalue weighted by molar-refractivity contribution is -0.124. The summed E-state index contributed by atoms with van der Waals surface area (Å²) in [7, 11) is 0. The Bertz CT molecular complexity index is 856. The fraction of sp³-hybridized carbons (Fsp3) is 0.389. The van der Waals surface area contributed by atoms with Crippen molar-refractivity contribution in [3.05, 3.63) is 36.2 Å². The molecule has 2 aromatic rings. The molecular formula is C18H20N6O2. The number of pyridine rings is 1. The molecule has 2 aromatic heterocycles. The lowest BCUT2D eigenvalue weighted by Crippen LogP contribution is -2.58. The van der Waals surface area contributed by atoms with Crippen LogP contribution in [0.1, 0.15) is 25.5 Å². The Balaban J connectivity index is 1.69. The van der Waals surface area contributed by atoms with E-state index in [4.69, 9.17) is 0 Å². The predicted molar refractivity (Wildman–Crippen MR) is 95.5 cm³/mol. The van der Waals surface area contributed by atoms with Gasteiger partial charge in [-0.15, -0.1) is 0 Å². The highest BCUT2D eigenvalue weighted by molar-refractivity contribution is 6.07. The van der Waals surface area contributed by atoms with Crippen molar-refractivity contribution in [2.24, 2.45) is 0 Å². The average Bonchev–Trinajstić information content (AvgIpc) is 2.94. The largest absolute Gasteiger partial charge is 0.354 e. The summed E-state index contributed by atoms with van der Waals surface area (Å²) in [6.07, 6.45) is 3.90. The molecule has 1 atom stereocenters. The molecule has 8 heteroatoms. The fourth-order valence-corrected chi connectivity index (χ4v) is 3.50. The zero-order valence-electron chi connectivity index (χ0n) is 14.5. The number of carbonyl (C=O) groups is 2. The molecule has 0 bridgehead atoms. The molecule has 4 heterocycles. The van der Waals surface area contributed by atoms with Crippen LogP contribution in [0.3, 0.4) is 0 Å². The standard InChI is InChI=1S/C18H20N6O2/c1-2-12-10-14(21-15(20-12)13-6-3-4-8-19-13)24-9-5-7-18(11-24)16(25)22-17(26)23-18/h3-4,6,8,10H,2,5,7,9,11H2,1H3,(H2,22,23,25,26). The number of rotatable bonds is 3. The maximum absolute atomic E-state index is 12.3. The van der Waals surface area contributed by atoms with E-state index in [-0.39, 0.29) is 5.91 Å². The van der Waals surface area contributed by atoms with E-state index in [9.17, 15) is 9.59 Å². The van der Waals surface area contributed by atoms with Gasteiger partial charge in [0.2, 0.25) is 0 Å². The molecule has 0 saturated carbocycles. The summed E-state index contributed by atoms with van der Waals surface area (Å²) in [6, 6.07) is 7.14. The molecule has 2 N–H and O–H groups in total. The third-order valence-corrected chi connectivity index (χ3v) is 4.85. The molecule has 1 unspecified atom stereocenters. The van der Waals surface area contributed by atoms with E-state index in [1.165, 1.54) is 0 Å². The highest BCUT2D eigenvalue weighted by Crippen LogP contribution is 2.28. The van der Waals surface area contributed by atoms with Gasteiger partial charge in [0.05, 0.1) is 6.54 Å². The van der Waals surface area contributed by atoms with Crippen LogP contribution in [-0.4, -0.2) is 45.5 Å². The Labute approximate surface area is 151 Å². The van der Waals surface area contributed by atoms with Gasteiger partial charge >= 0.3 is 6.03 Å². The third kappa shape index (κ3) is 2.87. The fourth-order valence-electron chi connectivity index (χ4n) is 3.50. The lowest BCUT2D eigenvalue weighted by atomic mass is 9.89. The van der Waals surface area contributed by atoms with Crippen LogP contribution in [0.2, 0.25) is 0 Å². The number of nitrogens with zero attached hydrogens (tertiary/aromatic N) is 4. The summed E-state index contributed by atoms with van der Waals surface area (Å²) >= 11 is 0. The van der Waals surface area contributed by atoms with E-state index < -0.39 is 11.6 Å². The third-order valence-electron chi connectivity index (χ3n) is 4.85. The second-order valence-corrected chi connectivity index (χ2v) is 6.63. The number of urea groups is 1. The number of hydrogen-bond donors (Lipinski definition) is 2. The van der Waals surface area contributed by atoms with E-state index in [0.29, 0.717) is 24.5 Å². The first-order valence-electron chi connectivity index (χ1n) is 8.77. The van der Waals surface area contributed by atoms with Gasteiger partial charge in [0.25, 0.3) is 5.91 Å². The van der Waals surface area contributed by atoms with Crippen LogP contribution in [-0.2, 0) is 11.2 Å². The van der Waals surface area contributed by atoms with Crippen molar-refractivity contribution in [3.63, 3.8) is 0 Å². The number of imide groups is 1. The van der Waals surface area contributed by atoms with Gasteiger partial charge in [0.1, 0.15) is 17.1 Å². The van der Waals surface area contributed by atoms with Crippen LogP contribution in [0.25, 0.3) is 11.5 Å². The summed E-state index contributed by atoms with van der Waals surface area (Å²) in [5.41, 5.74) is 0.746. The van der Waals surface area contributed by atoms with Gasteiger partial charge in [0.15, 0.2) is 5.82 Å². The normalized spacial score (nSPS) is 22.4. The van der Waals surface area contributed by atoms with Crippen LogP contribution in [0.5, 0.6) is 0 Å². The highest BCUT2D eigenvalue weighted by atomic mass is 16.2. The average molecular weight is 352 g/mol. The second kappa shape index (κ2) is 6.36. The Morgan fingerprint density at radius 2 is 2.15 bits per heavy atom. The van der Waals surface area contributed by atoms with Crippen molar-refractivity contribution >= 4 is 17.8 Å². The smallest absolute Gasteiger partial charge is 0.322 e. The highest BCUT2D eigenvalue weighted by Gasteiger charge is 2.49. The zero-order valence-corrected chi connectivity index (χ0v) is 14.5. The number of amides is 3. The van der Waals surface area contributed by atoms with Gasteiger partial charge in [0, 0.05) is 24.5 Å². The topological polar surface area (TPSA) is 100 Å². The van der Waals surface area contributed by atoms with Gasteiger partial charge in [-0.3, -0.25) is 15.1 Å². The SMILES string of the molecule is CCc1cc(N2CCCC3(C2)NC(=O)NC3=O)nc(-c2ccccn2)n1. The molecule has 0 radical (unpaired) electrons. The maximum atomic E-state index is 12.3. The summed E-state index contributed by atoms with van der Waals surface area (Å²) in [4.78, 5) is 39.5. The van der Waals surface area contributed by atoms with E-state index in [2.05, 4.69) is 25.6 Å². The van der Waals surface area contributed by atoms with Gasteiger partial charge in [-0.05, 0) is 31.4 Å². The van der Waals surface area contributed by atoms with Crippen molar-refractivity contribution in [1.82, 2.24) is 25.6 Å².